The highest BCUT2D eigenvalue weighted by atomic mass is 35.5. The number of nitrogens with zero attached hydrogens (tertiary/aromatic N) is 1. The molecule has 0 spiro atoms. The van der Waals surface area contributed by atoms with Gasteiger partial charge in [0.05, 0.1) is 12.1 Å². The van der Waals surface area contributed by atoms with Crippen LogP contribution in [0.2, 0.25) is 5.02 Å². The number of fused-ring (bicyclic) bond motifs is 3. The van der Waals surface area contributed by atoms with Gasteiger partial charge in [0.25, 0.3) is 0 Å². The van der Waals surface area contributed by atoms with Crippen molar-refractivity contribution in [1.82, 2.24) is 4.57 Å². The zero-order valence-electron chi connectivity index (χ0n) is 10.2. The Morgan fingerprint density at radius 3 is 2.61 bits per heavy atom. The zero-order chi connectivity index (χ0) is 12.7. The summed E-state index contributed by atoms with van der Waals surface area (Å²) in [5.41, 5.74) is 3.27. The first-order chi connectivity index (χ1) is 8.74. The van der Waals surface area contributed by atoms with E-state index < -0.39 is 0 Å². The Kier molecular flexibility index (Phi) is 2.77. The van der Waals surface area contributed by atoms with Crippen LogP contribution in [0.1, 0.15) is 12.5 Å². The number of hydrogen-bond acceptors (Lipinski definition) is 1. The normalized spacial score (nSPS) is 11.5. The van der Waals surface area contributed by atoms with Crippen LogP contribution in [-0.2, 0) is 13.2 Å². The first-order valence-corrected chi connectivity index (χ1v) is 6.43. The van der Waals surface area contributed by atoms with E-state index in [0.717, 1.165) is 22.6 Å². The quantitative estimate of drug-likeness (QED) is 0.740. The summed E-state index contributed by atoms with van der Waals surface area (Å²) in [5.74, 6) is 0. The number of aryl methyl sites for hydroxylation is 1. The predicted molar refractivity (Wildman–Crippen MR) is 76.1 cm³/mol. The van der Waals surface area contributed by atoms with E-state index in [-0.39, 0.29) is 6.61 Å². The third-order valence-electron chi connectivity index (χ3n) is 3.39. The van der Waals surface area contributed by atoms with Crippen LogP contribution in [0.5, 0.6) is 0 Å². The number of benzene rings is 2. The highest BCUT2D eigenvalue weighted by molar-refractivity contribution is 6.31. The van der Waals surface area contributed by atoms with Gasteiger partial charge in [-0.1, -0.05) is 23.7 Å². The summed E-state index contributed by atoms with van der Waals surface area (Å²) in [6.07, 6.45) is 0. The lowest BCUT2D eigenvalue weighted by Gasteiger charge is -2.03. The van der Waals surface area contributed by atoms with Crippen molar-refractivity contribution < 1.29 is 5.11 Å². The van der Waals surface area contributed by atoms with Crippen LogP contribution in [0.15, 0.2) is 36.4 Å². The Morgan fingerprint density at radius 1 is 1.06 bits per heavy atom. The van der Waals surface area contributed by atoms with E-state index in [0.29, 0.717) is 0 Å². The fraction of sp³-hybridized carbons (Fsp3) is 0.200. The van der Waals surface area contributed by atoms with Crippen molar-refractivity contribution in [2.75, 3.05) is 0 Å². The maximum absolute atomic E-state index is 9.25. The Balaban J connectivity index is 2.48. The molecule has 0 aliphatic rings. The van der Waals surface area contributed by atoms with Gasteiger partial charge in [-0.3, -0.25) is 0 Å². The van der Waals surface area contributed by atoms with Crippen LogP contribution < -0.4 is 0 Å². The van der Waals surface area contributed by atoms with Gasteiger partial charge >= 0.3 is 0 Å². The van der Waals surface area contributed by atoms with E-state index in [1.807, 2.05) is 24.3 Å². The van der Waals surface area contributed by atoms with Crippen LogP contribution in [-0.4, -0.2) is 9.67 Å². The molecular formula is C15H14ClNO. The molecule has 3 aromatic rings. The number of aliphatic hydroxyl groups is 1. The van der Waals surface area contributed by atoms with E-state index in [1.54, 1.807) is 0 Å². The van der Waals surface area contributed by atoms with E-state index in [4.69, 9.17) is 11.6 Å². The predicted octanol–water partition coefficient (Wildman–Crippen LogP) is 3.96. The van der Waals surface area contributed by atoms with Crippen LogP contribution >= 0.6 is 11.6 Å². The van der Waals surface area contributed by atoms with Crippen molar-refractivity contribution >= 4 is 33.4 Å². The molecule has 0 saturated carbocycles. The van der Waals surface area contributed by atoms with Gasteiger partial charge in [0.1, 0.15) is 0 Å². The van der Waals surface area contributed by atoms with Crippen LogP contribution in [0, 0.1) is 0 Å². The van der Waals surface area contributed by atoms with Crippen molar-refractivity contribution in [3.05, 3.63) is 47.0 Å². The van der Waals surface area contributed by atoms with E-state index in [1.165, 1.54) is 16.3 Å². The Bertz CT molecular complexity index is 730. The van der Waals surface area contributed by atoms with E-state index in [9.17, 15) is 5.11 Å². The molecule has 2 aromatic carbocycles. The molecule has 18 heavy (non-hydrogen) atoms. The van der Waals surface area contributed by atoms with Gasteiger partial charge in [0.2, 0.25) is 0 Å². The van der Waals surface area contributed by atoms with Gasteiger partial charge in [0.15, 0.2) is 0 Å². The molecule has 0 saturated heterocycles. The monoisotopic (exact) mass is 259 g/mol. The average Bonchev–Trinajstić information content (AvgIpc) is 2.70. The maximum atomic E-state index is 9.25. The molecule has 92 valence electrons. The van der Waals surface area contributed by atoms with Crippen molar-refractivity contribution in [3.8, 4) is 0 Å². The lowest BCUT2D eigenvalue weighted by Crippen LogP contribution is -1.93. The fourth-order valence-corrected chi connectivity index (χ4v) is 2.73. The number of aliphatic hydroxyl groups excluding tert-OH is 1. The van der Waals surface area contributed by atoms with E-state index in [2.05, 4.69) is 23.6 Å². The van der Waals surface area contributed by atoms with Crippen molar-refractivity contribution in [1.29, 1.82) is 0 Å². The second kappa shape index (κ2) is 4.30. The molecule has 0 aliphatic heterocycles. The van der Waals surface area contributed by atoms with Gasteiger partial charge in [-0.05, 0) is 36.8 Å². The van der Waals surface area contributed by atoms with Crippen molar-refractivity contribution in [3.63, 3.8) is 0 Å². The van der Waals surface area contributed by atoms with Crippen molar-refractivity contribution in [2.45, 2.75) is 20.1 Å². The largest absolute Gasteiger partial charge is 0.392 e. The number of aromatic nitrogens is 1. The maximum Gasteiger partial charge on any atom is 0.0682 e. The topological polar surface area (TPSA) is 25.2 Å². The molecule has 1 heterocycles. The highest BCUT2D eigenvalue weighted by Crippen LogP contribution is 2.31. The van der Waals surface area contributed by atoms with Crippen LogP contribution in [0.25, 0.3) is 21.8 Å². The summed E-state index contributed by atoms with van der Waals surface area (Å²) >= 11 is 6.08. The smallest absolute Gasteiger partial charge is 0.0682 e. The average molecular weight is 260 g/mol. The minimum atomic E-state index is 0.0718. The third kappa shape index (κ3) is 1.61. The number of hydrogen-bond donors (Lipinski definition) is 1. The second-order valence-corrected chi connectivity index (χ2v) is 4.85. The molecule has 0 atom stereocenters. The summed E-state index contributed by atoms with van der Waals surface area (Å²) in [4.78, 5) is 0. The molecule has 0 aliphatic carbocycles. The van der Waals surface area contributed by atoms with Gasteiger partial charge in [-0.2, -0.15) is 0 Å². The lowest BCUT2D eigenvalue weighted by molar-refractivity contribution is 0.282. The molecule has 0 unspecified atom stereocenters. The fourth-order valence-electron chi connectivity index (χ4n) is 2.56. The first kappa shape index (κ1) is 11.6. The van der Waals surface area contributed by atoms with E-state index >= 15 is 0 Å². The van der Waals surface area contributed by atoms with Crippen LogP contribution in [0.3, 0.4) is 0 Å². The number of rotatable bonds is 2. The first-order valence-electron chi connectivity index (χ1n) is 6.06. The molecule has 0 amide bonds. The molecule has 1 aromatic heterocycles. The summed E-state index contributed by atoms with van der Waals surface area (Å²) < 4.78 is 2.25. The molecular weight excluding hydrogens is 246 g/mol. The standard InChI is InChI=1S/C15H14ClNO/c1-2-17-14-6-3-10(9-18)7-13(14)12-5-4-11(16)8-15(12)17/h3-8,18H,2,9H2,1H3. The summed E-state index contributed by atoms with van der Waals surface area (Å²) in [7, 11) is 0. The lowest BCUT2D eigenvalue weighted by atomic mass is 10.1. The molecule has 0 fully saturated rings. The summed E-state index contributed by atoms with van der Waals surface area (Å²) in [6.45, 7) is 3.10. The molecule has 0 radical (unpaired) electrons. The Morgan fingerprint density at radius 2 is 1.89 bits per heavy atom. The number of halogens is 1. The third-order valence-corrected chi connectivity index (χ3v) is 3.63. The SMILES string of the molecule is CCn1c2ccc(CO)cc2c2ccc(Cl)cc21. The van der Waals surface area contributed by atoms with Gasteiger partial charge < -0.3 is 9.67 Å². The summed E-state index contributed by atoms with van der Waals surface area (Å²) in [6, 6.07) is 12.0. The van der Waals surface area contributed by atoms with Gasteiger partial charge in [0, 0.05) is 27.9 Å². The minimum Gasteiger partial charge on any atom is -0.392 e. The minimum absolute atomic E-state index is 0.0718. The van der Waals surface area contributed by atoms with Crippen molar-refractivity contribution in [2.24, 2.45) is 0 Å². The molecule has 3 heteroatoms. The summed E-state index contributed by atoms with van der Waals surface area (Å²) in [5, 5.41) is 12.4. The molecule has 2 nitrogen and oxygen atoms in total. The Labute approximate surface area is 110 Å². The molecule has 0 bridgehead atoms. The van der Waals surface area contributed by atoms with Crippen LogP contribution in [0.4, 0.5) is 0 Å². The second-order valence-electron chi connectivity index (χ2n) is 4.42. The van der Waals surface area contributed by atoms with Gasteiger partial charge in [-0.25, -0.2) is 0 Å². The molecule has 1 N–H and O–H groups in total. The highest BCUT2D eigenvalue weighted by Gasteiger charge is 2.10. The zero-order valence-corrected chi connectivity index (χ0v) is 10.9. The Hall–Kier alpha value is -1.51. The molecule has 3 rings (SSSR count). The van der Waals surface area contributed by atoms with Gasteiger partial charge in [-0.15, -0.1) is 0 Å².